The maximum Gasteiger partial charge on any atom is 0.343 e. The summed E-state index contributed by atoms with van der Waals surface area (Å²) in [4.78, 5) is 40.3. The number of rotatable bonds is 6. The molecule has 0 spiro atoms. The fourth-order valence-electron chi connectivity index (χ4n) is 2.94. The predicted molar refractivity (Wildman–Crippen MR) is 108 cm³/mol. The largest absolute Gasteiger partial charge is 0.462 e. The molecule has 1 amide bonds. The number of halogens is 1. The lowest BCUT2D eigenvalue weighted by Gasteiger charge is -2.13. The van der Waals surface area contributed by atoms with Crippen molar-refractivity contribution in [2.75, 3.05) is 6.61 Å². The molecule has 0 saturated carbocycles. The highest BCUT2D eigenvalue weighted by Crippen LogP contribution is 2.28. The van der Waals surface area contributed by atoms with Gasteiger partial charge >= 0.3 is 5.97 Å². The summed E-state index contributed by atoms with van der Waals surface area (Å²) in [5, 5.41) is 5.09. The van der Waals surface area contributed by atoms with Gasteiger partial charge < -0.3 is 14.6 Å². The van der Waals surface area contributed by atoms with Crippen LogP contribution in [0.4, 0.5) is 4.39 Å². The number of benzene rings is 1. The molecule has 0 radical (unpaired) electrons. The van der Waals surface area contributed by atoms with Gasteiger partial charge in [-0.2, -0.15) is 0 Å². The molecule has 1 aromatic carbocycles. The van der Waals surface area contributed by atoms with E-state index in [0.717, 1.165) is 6.07 Å². The number of hydrogen-bond acceptors (Lipinski definition) is 6. The maximum absolute atomic E-state index is 14.9. The van der Waals surface area contributed by atoms with Crippen molar-refractivity contribution in [3.8, 4) is 11.3 Å². The van der Waals surface area contributed by atoms with Crippen LogP contribution in [0.3, 0.4) is 0 Å². The number of fused-ring (bicyclic) bond motifs is 1. The number of nitrogens with zero attached hydrogens (tertiary/aromatic N) is 2. The van der Waals surface area contributed by atoms with Gasteiger partial charge in [0, 0.05) is 36.0 Å². The van der Waals surface area contributed by atoms with Gasteiger partial charge in [0.25, 0.3) is 0 Å². The average molecular weight is 417 g/mol. The number of ether oxygens (including phenoxy) is 1. The van der Waals surface area contributed by atoms with Crippen LogP contribution in [-0.4, -0.2) is 28.0 Å². The zero-order valence-corrected chi connectivity index (χ0v) is 17.1. The van der Waals surface area contributed by atoms with E-state index in [9.17, 15) is 18.8 Å². The van der Waals surface area contributed by atoms with E-state index in [-0.39, 0.29) is 35.6 Å². The van der Waals surface area contributed by atoms with Crippen LogP contribution in [-0.2, 0) is 22.6 Å². The van der Waals surface area contributed by atoms with Crippen LogP contribution in [0.2, 0.25) is 0 Å². The van der Waals surface area contributed by atoms with Crippen molar-refractivity contribution < 1.29 is 18.7 Å². The van der Waals surface area contributed by atoms with E-state index in [2.05, 4.69) is 10.3 Å². The van der Waals surface area contributed by atoms with Crippen LogP contribution < -0.4 is 10.7 Å². The molecule has 2 heterocycles. The van der Waals surface area contributed by atoms with Gasteiger partial charge in [-0.25, -0.2) is 14.2 Å². The van der Waals surface area contributed by atoms with Crippen molar-refractivity contribution in [2.45, 2.75) is 33.9 Å². The van der Waals surface area contributed by atoms with Gasteiger partial charge in [-0.05, 0) is 26.0 Å². The lowest BCUT2D eigenvalue weighted by molar-refractivity contribution is -0.119. The summed E-state index contributed by atoms with van der Waals surface area (Å²) >= 11 is 1.30. The van der Waals surface area contributed by atoms with E-state index in [1.807, 2.05) is 6.92 Å². The molecule has 3 aromatic rings. The summed E-state index contributed by atoms with van der Waals surface area (Å²) < 4.78 is 21.5. The molecule has 29 heavy (non-hydrogen) atoms. The smallest absolute Gasteiger partial charge is 0.343 e. The number of thiazole rings is 1. The number of aromatic nitrogens is 2. The minimum Gasteiger partial charge on any atom is -0.462 e. The van der Waals surface area contributed by atoms with Gasteiger partial charge in [-0.1, -0.05) is 0 Å². The van der Waals surface area contributed by atoms with Crippen LogP contribution in [0.15, 0.2) is 28.5 Å². The highest BCUT2D eigenvalue weighted by molar-refractivity contribution is 7.09. The van der Waals surface area contributed by atoms with Crippen molar-refractivity contribution in [1.29, 1.82) is 0 Å². The maximum atomic E-state index is 14.9. The van der Waals surface area contributed by atoms with E-state index in [0.29, 0.717) is 22.8 Å². The molecular formula is C20H20FN3O4S. The highest BCUT2D eigenvalue weighted by atomic mass is 32.1. The van der Waals surface area contributed by atoms with Crippen LogP contribution >= 0.6 is 11.3 Å². The molecule has 0 saturated heterocycles. The van der Waals surface area contributed by atoms with Gasteiger partial charge in [-0.3, -0.25) is 9.59 Å². The van der Waals surface area contributed by atoms with E-state index >= 15 is 0 Å². The quantitative estimate of drug-likeness (QED) is 0.623. The summed E-state index contributed by atoms with van der Waals surface area (Å²) in [6, 6.07) is 2.69. The van der Waals surface area contributed by atoms with Crippen molar-refractivity contribution in [3.63, 3.8) is 0 Å². The number of pyridine rings is 1. The fraction of sp³-hybridized carbons (Fsp3) is 0.300. The summed E-state index contributed by atoms with van der Waals surface area (Å²) in [7, 11) is 0. The Balaban J connectivity index is 2.11. The third kappa shape index (κ3) is 4.19. The van der Waals surface area contributed by atoms with Gasteiger partial charge in [0.2, 0.25) is 11.3 Å². The second-order valence-corrected chi connectivity index (χ2v) is 7.21. The molecule has 7 nitrogen and oxygen atoms in total. The molecule has 152 valence electrons. The first-order chi connectivity index (χ1) is 13.8. The van der Waals surface area contributed by atoms with Crippen LogP contribution in [0.5, 0.6) is 0 Å². The number of carbonyl (C=O) groups is 2. The Morgan fingerprint density at radius 2 is 2.07 bits per heavy atom. The Morgan fingerprint density at radius 1 is 1.31 bits per heavy atom. The number of esters is 1. The second kappa shape index (κ2) is 8.52. The SMILES string of the molecule is CCOC(=O)c1cn(CC)c2cc(-c3csc(CNC(C)=O)n3)c(F)cc2c1=O. The molecule has 0 fully saturated rings. The molecule has 3 rings (SSSR count). The summed E-state index contributed by atoms with van der Waals surface area (Å²) in [5.74, 6) is -1.52. The van der Waals surface area contributed by atoms with Gasteiger partial charge in [0.15, 0.2) is 0 Å². The lowest BCUT2D eigenvalue weighted by atomic mass is 10.1. The molecular weight excluding hydrogens is 397 g/mol. The van der Waals surface area contributed by atoms with Gasteiger partial charge in [0.05, 0.1) is 24.4 Å². The molecule has 0 unspecified atom stereocenters. The minimum atomic E-state index is -0.729. The van der Waals surface area contributed by atoms with Gasteiger partial charge in [0.1, 0.15) is 16.4 Å². The molecule has 0 aliphatic carbocycles. The third-order valence-electron chi connectivity index (χ3n) is 4.32. The van der Waals surface area contributed by atoms with E-state index in [1.54, 1.807) is 22.9 Å². The van der Waals surface area contributed by atoms with Crippen LogP contribution in [0.1, 0.15) is 36.1 Å². The number of hydrogen-bond donors (Lipinski definition) is 1. The second-order valence-electron chi connectivity index (χ2n) is 6.26. The molecule has 9 heteroatoms. The highest BCUT2D eigenvalue weighted by Gasteiger charge is 2.19. The Hall–Kier alpha value is -3.07. The Morgan fingerprint density at radius 3 is 2.72 bits per heavy atom. The normalized spacial score (nSPS) is 10.9. The van der Waals surface area contributed by atoms with Crippen LogP contribution in [0.25, 0.3) is 22.2 Å². The standard InChI is InChI=1S/C20H20FN3O4S/c1-4-24-9-14(20(27)28-5-2)19(26)13-6-15(21)12(7-17(13)24)16-10-29-18(23-16)8-22-11(3)25/h6-7,9-10H,4-5,8H2,1-3H3,(H,22,25). The summed E-state index contributed by atoms with van der Waals surface area (Å²) in [6.45, 7) is 5.79. The van der Waals surface area contributed by atoms with Crippen molar-refractivity contribution in [2.24, 2.45) is 0 Å². The van der Waals surface area contributed by atoms with E-state index in [1.165, 1.54) is 24.5 Å². The molecule has 1 N–H and O–H groups in total. The van der Waals surface area contributed by atoms with Crippen molar-refractivity contribution in [1.82, 2.24) is 14.9 Å². The Labute approximate surface area is 170 Å². The molecule has 0 aliphatic heterocycles. The third-order valence-corrected chi connectivity index (χ3v) is 5.17. The van der Waals surface area contributed by atoms with E-state index < -0.39 is 17.2 Å². The number of aryl methyl sites for hydroxylation is 1. The van der Waals surface area contributed by atoms with Gasteiger partial charge in [-0.15, -0.1) is 11.3 Å². The topological polar surface area (TPSA) is 90.3 Å². The minimum absolute atomic E-state index is 0.104. The predicted octanol–water partition coefficient (Wildman–Crippen LogP) is 3.10. The first-order valence-corrected chi connectivity index (χ1v) is 9.96. The summed E-state index contributed by atoms with van der Waals surface area (Å²) in [5.41, 5.74) is 0.462. The lowest BCUT2D eigenvalue weighted by Crippen LogP contribution is -2.21. The Bertz CT molecular complexity index is 1150. The average Bonchev–Trinajstić information content (AvgIpc) is 3.15. The zero-order chi connectivity index (χ0) is 21.1. The molecule has 0 bridgehead atoms. The number of nitrogens with one attached hydrogen (secondary N) is 1. The number of amides is 1. The number of carbonyl (C=O) groups excluding carboxylic acids is 2. The van der Waals surface area contributed by atoms with Crippen LogP contribution in [0, 0.1) is 5.82 Å². The Kier molecular flexibility index (Phi) is 6.07. The van der Waals surface area contributed by atoms with Crippen molar-refractivity contribution in [3.05, 3.63) is 50.3 Å². The molecule has 0 aliphatic rings. The fourth-order valence-corrected chi connectivity index (χ4v) is 3.67. The van der Waals surface area contributed by atoms with E-state index in [4.69, 9.17) is 4.74 Å². The van der Waals surface area contributed by atoms with Crippen molar-refractivity contribution >= 4 is 34.1 Å². The molecule has 2 aromatic heterocycles. The first-order valence-electron chi connectivity index (χ1n) is 9.08. The summed E-state index contributed by atoms with van der Waals surface area (Å²) in [6.07, 6.45) is 1.44. The monoisotopic (exact) mass is 417 g/mol. The zero-order valence-electron chi connectivity index (χ0n) is 16.2. The molecule has 0 atom stereocenters. The first kappa shape index (κ1) is 20.7.